The van der Waals surface area contributed by atoms with Gasteiger partial charge in [-0.25, -0.2) is 4.39 Å². The number of amidine groups is 1. The van der Waals surface area contributed by atoms with Crippen molar-refractivity contribution in [2.45, 2.75) is 38.9 Å². The second-order valence-electron chi connectivity index (χ2n) is 7.60. The van der Waals surface area contributed by atoms with Crippen molar-refractivity contribution < 1.29 is 4.39 Å². The van der Waals surface area contributed by atoms with Gasteiger partial charge in [-0.05, 0) is 44.0 Å². The Kier molecular flexibility index (Phi) is 5.64. The molecule has 26 heavy (non-hydrogen) atoms. The maximum Gasteiger partial charge on any atom is 0.124 e. The first-order valence-corrected chi connectivity index (χ1v) is 9.28. The summed E-state index contributed by atoms with van der Waals surface area (Å²) in [5, 5.41) is 4.04. The molecule has 1 saturated heterocycles. The van der Waals surface area contributed by atoms with Gasteiger partial charge < -0.3 is 10.2 Å². The third-order valence-corrected chi connectivity index (χ3v) is 4.62. The normalized spacial score (nSPS) is 19.8. The van der Waals surface area contributed by atoms with Crippen LogP contribution in [0.3, 0.4) is 0 Å². The van der Waals surface area contributed by atoms with E-state index in [1.165, 1.54) is 17.7 Å². The smallest absolute Gasteiger partial charge is 0.124 e. The number of benzene rings is 2. The van der Waals surface area contributed by atoms with Gasteiger partial charge >= 0.3 is 0 Å². The van der Waals surface area contributed by atoms with E-state index in [2.05, 4.69) is 43.1 Å². The van der Waals surface area contributed by atoms with Gasteiger partial charge in [-0.15, -0.1) is 0 Å². The molecule has 2 aromatic rings. The second-order valence-corrected chi connectivity index (χ2v) is 8.00. The van der Waals surface area contributed by atoms with Crippen LogP contribution >= 0.6 is 11.6 Å². The van der Waals surface area contributed by atoms with Gasteiger partial charge in [0.2, 0.25) is 0 Å². The van der Waals surface area contributed by atoms with Crippen molar-refractivity contribution >= 4 is 17.4 Å². The summed E-state index contributed by atoms with van der Waals surface area (Å²) < 4.78 is 13.4. The Bertz CT molecular complexity index is 784. The van der Waals surface area contributed by atoms with Crippen LogP contribution in [0.15, 0.2) is 53.5 Å². The first-order valence-electron chi connectivity index (χ1n) is 8.90. The molecule has 0 saturated carbocycles. The van der Waals surface area contributed by atoms with Gasteiger partial charge in [0.15, 0.2) is 0 Å². The van der Waals surface area contributed by atoms with Crippen LogP contribution in [0.2, 0.25) is 5.02 Å². The zero-order chi connectivity index (χ0) is 18.7. The number of hydrogen-bond acceptors (Lipinski definition) is 2. The topological polar surface area (TPSA) is 27.6 Å². The number of halogens is 2. The van der Waals surface area contributed by atoms with E-state index < -0.39 is 0 Å². The Morgan fingerprint density at radius 3 is 2.58 bits per heavy atom. The molecular weight excluding hydrogens is 349 g/mol. The standard InChI is InChI=1S/C21H25ClFN3/c1-21(2,3)25-20-19(15-7-5-4-6-8-15)24-11-12-26(20)14-16-9-10-17(23)13-18(16)22/h4-10,13,19,24H,11-12,14H2,1-3H3. The molecule has 1 aliphatic rings. The van der Waals surface area contributed by atoms with Crippen LogP contribution < -0.4 is 5.32 Å². The summed E-state index contributed by atoms with van der Waals surface area (Å²) in [6.07, 6.45) is 0. The molecule has 0 spiro atoms. The average Bonchev–Trinajstić information content (AvgIpc) is 2.58. The minimum absolute atomic E-state index is 0.0309. The van der Waals surface area contributed by atoms with Crippen molar-refractivity contribution in [2.24, 2.45) is 4.99 Å². The molecule has 0 aromatic heterocycles. The van der Waals surface area contributed by atoms with Crippen molar-refractivity contribution in [2.75, 3.05) is 13.1 Å². The van der Waals surface area contributed by atoms with Gasteiger partial charge in [0.25, 0.3) is 0 Å². The Morgan fingerprint density at radius 2 is 1.92 bits per heavy atom. The largest absolute Gasteiger partial charge is 0.353 e. The number of rotatable bonds is 3. The third kappa shape index (κ3) is 4.63. The van der Waals surface area contributed by atoms with Gasteiger partial charge in [0.1, 0.15) is 11.7 Å². The number of nitrogens with one attached hydrogen (secondary N) is 1. The molecule has 3 nitrogen and oxygen atoms in total. The van der Waals surface area contributed by atoms with Crippen LogP contribution in [-0.4, -0.2) is 29.4 Å². The van der Waals surface area contributed by atoms with Crippen molar-refractivity contribution in [3.8, 4) is 0 Å². The van der Waals surface area contributed by atoms with Gasteiger partial charge in [-0.3, -0.25) is 4.99 Å². The molecule has 0 amide bonds. The summed E-state index contributed by atoms with van der Waals surface area (Å²) in [7, 11) is 0. The van der Waals surface area contributed by atoms with Crippen LogP contribution in [0, 0.1) is 5.82 Å². The zero-order valence-electron chi connectivity index (χ0n) is 15.5. The lowest BCUT2D eigenvalue weighted by molar-refractivity contribution is 0.337. The van der Waals surface area contributed by atoms with Crippen molar-refractivity contribution in [1.82, 2.24) is 10.2 Å². The fraction of sp³-hybridized carbons (Fsp3) is 0.381. The molecule has 0 bridgehead atoms. The molecule has 138 valence electrons. The van der Waals surface area contributed by atoms with E-state index >= 15 is 0 Å². The van der Waals surface area contributed by atoms with E-state index in [4.69, 9.17) is 16.6 Å². The summed E-state index contributed by atoms with van der Waals surface area (Å²) in [5.74, 6) is 0.681. The average molecular weight is 374 g/mol. The number of nitrogens with zero attached hydrogens (tertiary/aromatic N) is 2. The van der Waals surface area contributed by atoms with Crippen LogP contribution in [0.4, 0.5) is 4.39 Å². The molecule has 2 aromatic carbocycles. The lowest BCUT2D eigenvalue weighted by Crippen LogP contribution is -2.50. The van der Waals surface area contributed by atoms with Gasteiger partial charge in [-0.2, -0.15) is 0 Å². The van der Waals surface area contributed by atoms with Crippen LogP contribution in [-0.2, 0) is 6.54 Å². The highest BCUT2D eigenvalue weighted by atomic mass is 35.5. The highest BCUT2D eigenvalue weighted by molar-refractivity contribution is 6.31. The second kappa shape index (κ2) is 7.77. The van der Waals surface area contributed by atoms with Crippen molar-refractivity contribution in [1.29, 1.82) is 0 Å². The SMILES string of the molecule is CC(C)(C)N=C1C(c2ccccc2)NCCN1Cc1ccc(F)cc1Cl. The highest BCUT2D eigenvalue weighted by Gasteiger charge is 2.29. The van der Waals surface area contributed by atoms with Crippen LogP contribution in [0.5, 0.6) is 0 Å². The molecule has 5 heteroatoms. The molecule has 1 unspecified atom stereocenters. The first-order chi connectivity index (χ1) is 12.3. The molecule has 1 aliphatic heterocycles. The maximum absolute atomic E-state index is 13.4. The zero-order valence-corrected chi connectivity index (χ0v) is 16.2. The van der Waals surface area contributed by atoms with E-state index in [1.54, 1.807) is 6.07 Å². The summed E-state index contributed by atoms with van der Waals surface area (Å²) in [5.41, 5.74) is 1.89. The Hall–Kier alpha value is -1.91. The molecule has 1 fully saturated rings. The summed E-state index contributed by atoms with van der Waals surface area (Å²) >= 11 is 6.26. The highest BCUT2D eigenvalue weighted by Crippen LogP contribution is 2.26. The molecule has 1 atom stereocenters. The third-order valence-electron chi connectivity index (χ3n) is 4.27. The molecule has 0 aliphatic carbocycles. The number of hydrogen-bond donors (Lipinski definition) is 1. The number of aliphatic imine (C=N–C) groups is 1. The fourth-order valence-corrected chi connectivity index (χ4v) is 3.37. The lowest BCUT2D eigenvalue weighted by Gasteiger charge is -2.38. The Labute approximate surface area is 159 Å². The van der Waals surface area contributed by atoms with Gasteiger partial charge in [0.05, 0.1) is 11.6 Å². The molecule has 1 N–H and O–H groups in total. The summed E-state index contributed by atoms with van der Waals surface area (Å²) in [6.45, 7) is 8.58. The molecule has 1 heterocycles. The quantitative estimate of drug-likeness (QED) is 0.835. The predicted octanol–water partition coefficient (Wildman–Crippen LogP) is 4.82. The fourth-order valence-electron chi connectivity index (χ4n) is 3.14. The summed E-state index contributed by atoms with van der Waals surface area (Å²) in [6, 6.07) is 14.9. The first kappa shape index (κ1) is 18.9. The maximum atomic E-state index is 13.4. The summed E-state index contributed by atoms with van der Waals surface area (Å²) in [4.78, 5) is 7.26. The van der Waals surface area contributed by atoms with Crippen LogP contribution in [0.25, 0.3) is 0 Å². The minimum Gasteiger partial charge on any atom is -0.353 e. The van der Waals surface area contributed by atoms with Gasteiger partial charge in [-0.1, -0.05) is 48.0 Å². The Morgan fingerprint density at radius 1 is 1.19 bits per heavy atom. The minimum atomic E-state index is -0.315. The Balaban J connectivity index is 1.95. The molecule has 3 rings (SSSR count). The number of piperazine rings is 1. The van der Waals surface area contributed by atoms with E-state index in [9.17, 15) is 4.39 Å². The van der Waals surface area contributed by atoms with Gasteiger partial charge in [0, 0.05) is 24.7 Å². The van der Waals surface area contributed by atoms with Crippen LogP contribution in [0.1, 0.15) is 37.9 Å². The van der Waals surface area contributed by atoms with Crippen molar-refractivity contribution in [3.05, 3.63) is 70.5 Å². The lowest BCUT2D eigenvalue weighted by atomic mass is 10.0. The molecule has 0 radical (unpaired) electrons. The monoisotopic (exact) mass is 373 g/mol. The predicted molar refractivity (Wildman–Crippen MR) is 106 cm³/mol. The van der Waals surface area contributed by atoms with E-state index in [-0.39, 0.29) is 17.4 Å². The van der Waals surface area contributed by atoms with E-state index in [1.807, 2.05) is 18.2 Å². The van der Waals surface area contributed by atoms with E-state index in [0.29, 0.717) is 11.6 Å². The van der Waals surface area contributed by atoms with Crippen molar-refractivity contribution in [3.63, 3.8) is 0 Å². The van der Waals surface area contributed by atoms with E-state index in [0.717, 1.165) is 24.5 Å². The molecular formula is C21H25ClFN3.